The number of allylic oxidation sites excluding steroid dienone is 2. The first-order valence-electron chi connectivity index (χ1n) is 9.72. The largest absolute Gasteiger partial charge is 0.481 e. The number of aliphatic carboxylic acids is 1. The molecule has 25 heavy (non-hydrogen) atoms. The van der Waals surface area contributed by atoms with Gasteiger partial charge in [0.05, 0.1) is 5.92 Å². The van der Waals surface area contributed by atoms with Crippen molar-refractivity contribution in [2.24, 2.45) is 23.7 Å². The molecule has 0 unspecified atom stereocenters. The van der Waals surface area contributed by atoms with E-state index in [0.717, 1.165) is 38.5 Å². The van der Waals surface area contributed by atoms with Crippen LogP contribution in [0, 0.1) is 23.7 Å². The first kappa shape index (κ1) is 16.6. The Balaban J connectivity index is 1.81. The molecule has 2 fully saturated rings. The third-order valence-corrected chi connectivity index (χ3v) is 6.63. The van der Waals surface area contributed by atoms with E-state index in [4.69, 9.17) is 0 Å². The lowest BCUT2D eigenvalue weighted by molar-refractivity contribution is -0.146. The number of hydrogen-bond acceptors (Lipinski definition) is 2. The fraction of sp³-hybridized carbons (Fsp3) is 0.545. The van der Waals surface area contributed by atoms with E-state index in [1.807, 2.05) is 30.3 Å². The Bertz CT molecular complexity index is 703. The maximum Gasteiger partial charge on any atom is 0.307 e. The monoisotopic (exact) mass is 338 g/mol. The fourth-order valence-corrected chi connectivity index (χ4v) is 5.64. The minimum atomic E-state index is -0.775. The SMILES string of the molecule is O=C(O)[C@H]1[C@H](C(=O)c2ccccc2)[C@@H]2CCCCC2=C2CCCC[C@H]21. The number of ketones is 1. The summed E-state index contributed by atoms with van der Waals surface area (Å²) in [7, 11) is 0. The van der Waals surface area contributed by atoms with Crippen LogP contribution in [-0.2, 0) is 4.79 Å². The van der Waals surface area contributed by atoms with Crippen molar-refractivity contribution in [1.82, 2.24) is 0 Å². The molecule has 1 N–H and O–H groups in total. The number of fused-ring (bicyclic) bond motifs is 2. The minimum absolute atomic E-state index is 0.0435. The Kier molecular flexibility index (Phi) is 4.49. The van der Waals surface area contributed by atoms with E-state index in [9.17, 15) is 14.7 Å². The van der Waals surface area contributed by atoms with Crippen LogP contribution in [0.15, 0.2) is 41.5 Å². The molecule has 0 saturated heterocycles. The third kappa shape index (κ3) is 2.84. The fourth-order valence-electron chi connectivity index (χ4n) is 5.64. The molecule has 3 aliphatic rings. The van der Waals surface area contributed by atoms with Gasteiger partial charge < -0.3 is 5.11 Å². The molecule has 0 aromatic heterocycles. The summed E-state index contributed by atoms with van der Waals surface area (Å²) in [6.45, 7) is 0. The van der Waals surface area contributed by atoms with Gasteiger partial charge in [-0.25, -0.2) is 0 Å². The van der Waals surface area contributed by atoms with Crippen molar-refractivity contribution in [1.29, 1.82) is 0 Å². The second-order valence-corrected chi connectivity index (χ2v) is 7.88. The lowest BCUT2D eigenvalue weighted by atomic mass is 9.56. The molecule has 0 amide bonds. The standard InChI is InChI=1S/C22H26O3/c23-21(14-8-2-1-3-9-14)19-17-12-6-4-10-15(17)16-11-5-7-13-18(16)20(19)22(24)25/h1-3,8-9,17-20H,4-7,10-13H2,(H,24,25)/t17-,18-,19-,20-/m1/s1. The highest BCUT2D eigenvalue weighted by Gasteiger charge is 2.51. The molecule has 0 aliphatic heterocycles. The van der Waals surface area contributed by atoms with Gasteiger partial charge in [0.2, 0.25) is 0 Å². The predicted molar refractivity (Wildman–Crippen MR) is 96.3 cm³/mol. The summed E-state index contributed by atoms with van der Waals surface area (Å²) in [5, 5.41) is 10.1. The Labute approximate surface area is 149 Å². The molecule has 1 aromatic rings. The van der Waals surface area contributed by atoms with Crippen LogP contribution in [0.1, 0.15) is 61.7 Å². The zero-order chi connectivity index (χ0) is 17.4. The first-order chi connectivity index (χ1) is 12.2. The summed E-state index contributed by atoms with van der Waals surface area (Å²) >= 11 is 0. The number of Topliss-reactive ketones (excluding diaryl/α,β-unsaturated/α-hetero) is 1. The first-order valence-corrected chi connectivity index (χ1v) is 9.72. The average Bonchev–Trinajstić information content (AvgIpc) is 2.67. The molecule has 4 atom stereocenters. The van der Waals surface area contributed by atoms with Crippen molar-refractivity contribution in [3.05, 3.63) is 47.0 Å². The molecule has 3 aliphatic carbocycles. The van der Waals surface area contributed by atoms with Crippen molar-refractivity contribution in [3.8, 4) is 0 Å². The van der Waals surface area contributed by atoms with E-state index in [0.29, 0.717) is 5.56 Å². The molecule has 0 radical (unpaired) electrons. The van der Waals surface area contributed by atoms with Gasteiger partial charge in [-0.05, 0) is 50.4 Å². The lowest BCUT2D eigenvalue weighted by Gasteiger charge is -2.47. The minimum Gasteiger partial charge on any atom is -0.481 e. The molecular weight excluding hydrogens is 312 g/mol. The van der Waals surface area contributed by atoms with E-state index < -0.39 is 11.9 Å². The second-order valence-electron chi connectivity index (χ2n) is 7.88. The van der Waals surface area contributed by atoms with Crippen LogP contribution in [0.25, 0.3) is 0 Å². The van der Waals surface area contributed by atoms with Gasteiger partial charge in [0, 0.05) is 11.5 Å². The quantitative estimate of drug-likeness (QED) is 0.631. The van der Waals surface area contributed by atoms with Crippen LogP contribution >= 0.6 is 0 Å². The number of hydrogen-bond donors (Lipinski definition) is 1. The van der Waals surface area contributed by atoms with Crippen molar-refractivity contribution < 1.29 is 14.7 Å². The van der Waals surface area contributed by atoms with E-state index in [1.165, 1.54) is 24.0 Å². The smallest absolute Gasteiger partial charge is 0.307 e. The predicted octanol–water partition coefficient (Wildman–Crippen LogP) is 4.88. The third-order valence-electron chi connectivity index (χ3n) is 6.63. The number of benzene rings is 1. The van der Waals surface area contributed by atoms with Gasteiger partial charge in [-0.15, -0.1) is 0 Å². The van der Waals surface area contributed by atoms with Crippen molar-refractivity contribution >= 4 is 11.8 Å². The Morgan fingerprint density at radius 3 is 1.92 bits per heavy atom. The number of carboxylic acids is 1. The number of carbonyl (C=O) groups excluding carboxylic acids is 1. The lowest BCUT2D eigenvalue weighted by Crippen LogP contribution is -2.46. The van der Waals surface area contributed by atoms with Gasteiger partial charge in [0.15, 0.2) is 5.78 Å². The van der Waals surface area contributed by atoms with E-state index >= 15 is 0 Å². The van der Waals surface area contributed by atoms with E-state index in [-0.39, 0.29) is 23.5 Å². The maximum atomic E-state index is 13.4. The Morgan fingerprint density at radius 1 is 0.800 bits per heavy atom. The normalized spacial score (nSPS) is 31.8. The van der Waals surface area contributed by atoms with Crippen LogP contribution in [0.2, 0.25) is 0 Å². The molecule has 3 heteroatoms. The number of carbonyl (C=O) groups is 2. The van der Waals surface area contributed by atoms with Gasteiger partial charge in [0.25, 0.3) is 0 Å². The molecule has 0 spiro atoms. The molecule has 0 heterocycles. The average molecular weight is 338 g/mol. The number of rotatable bonds is 3. The van der Waals surface area contributed by atoms with Crippen LogP contribution in [-0.4, -0.2) is 16.9 Å². The second kappa shape index (κ2) is 6.78. The summed E-state index contributed by atoms with van der Waals surface area (Å²) < 4.78 is 0. The highest BCUT2D eigenvalue weighted by atomic mass is 16.4. The molecule has 0 bridgehead atoms. The van der Waals surface area contributed by atoms with Gasteiger partial charge in [0.1, 0.15) is 0 Å². The summed E-state index contributed by atoms with van der Waals surface area (Å²) in [5.74, 6) is -1.44. The van der Waals surface area contributed by atoms with Crippen molar-refractivity contribution in [3.63, 3.8) is 0 Å². The zero-order valence-corrected chi connectivity index (χ0v) is 14.6. The van der Waals surface area contributed by atoms with Gasteiger partial charge in [-0.1, -0.05) is 54.3 Å². The van der Waals surface area contributed by atoms with Gasteiger partial charge in [-0.2, -0.15) is 0 Å². The van der Waals surface area contributed by atoms with E-state index in [1.54, 1.807) is 0 Å². The Morgan fingerprint density at radius 2 is 1.36 bits per heavy atom. The topological polar surface area (TPSA) is 54.4 Å². The zero-order valence-electron chi connectivity index (χ0n) is 14.6. The van der Waals surface area contributed by atoms with Crippen LogP contribution < -0.4 is 0 Å². The summed E-state index contributed by atoms with van der Waals surface area (Å²) in [5.41, 5.74) is 3.55. The highest BCUT2D eigenvalue weighted by Crippen LogP contribution is 2.53. The van der Waals surface area contributed by atoms with Crippen molar-refractivity contribution in [2.75, 3.05) is 0 Å². The van der Waals surface area contributed by atoms with Crippen LogP contribution in [0.3, 0.4) is 0 Å². The molecule has 4 rings (SSSR count). The van der Waals surface area contributed by atoms with Gasteiger partial charge in [-0.3, -0.25) is 9.59 Å². The molecule has 2 saturated carbocycles. The Hall–Kier alpha value is -1.90. The molecule has 132 valence electrons. The van der Waals surface area contributed by atoms with Crippen molar-refractivity contribution in [2.45, 2.75) is 51.4 Å². The summed E-state index contributed by atoms with van der Waals surface area (Å²) in [6.07, 6.45) is 8.57. The summed E-state index contributed by atoms with van der Waals surface area (Å²) in [4.78, 5) is 25.6. The summed E-state index contributed by atoms with van der Waals surface area (Å²) in [6, 6.07) is 9.32. The molecule has 1 aromatic carbocycles. The molecule has 3 nitrogen and oxygen atoms in total. The highest BCUT2D eigenvalue weighted by molar-refractivity contribution is 6.00. The van der Waals surface area contributed by atoms with E-state index in [2.05, 4.69) is 0 Å². The van der Waals surface area contributed by atoms with Crippen LogP contribution in [0.4, 0.5) is 0 Å². The molecular formula is C22H26O3. The van der Waals surface area contributed by atoms with Crippen LogP contribution in [0.5, 0.6) is 0 Å². The number of carboxylic acid groups (broad SMARTS) is 1. The van der Waals surface area contributed by atoms with Gasteiger partial charge >= 0.3 is 5.97 Å². The maximum absolute atomic E-state index is 13.4.